The molecule has 0 amide bonds. The number of para-hydroxylation sites is 1. The van der Waals surface area contributed by atoms with Crippen molar-refractivity contribution in [3.05, 3.63) is 161 Å². The second-order valence-electron chi connectivity index (χ2n) is 11.2. The molecule has 0 N–H and O–H groups in total. The Morgan fingerprint density at radius 3 is 2.55 bits per heavy atom. The number of benzene rings is 4. The zero-order valence-electron chi connectivity index (χ0n) is 24.0. The van der Waals surface area contributed by atoms with Crippen molar-refractivity contribution >= 4 is 49.9 Å². The van der Waals surface area contributed by atoms with Gasteiger partial charge in [0.15, 0.2) is 4.80 Å². The van der Waals surface area contributed by atoms with E-state index >= 15 is 0 Å². The molecule has 216 valence electrons. The monoisotopic (exact) mass is 657 g/mol. The Hall–Kier alpha value is -4.46. The Kier molecular flexibility index (Phi) is 6.73. The number of thiazole rings is 1. The lowest BCUT2D eigenvalue weighted by molar-refractivity contribution is 0.414. The Bertz CT molecular complexity index is 2270. The predicted octanol–water partition coefficient (Wildman–Crippen LogP) is 7.09. The van der Waals surface area contributed by atoms with Crippen molar-refractivity contribution in [1.29, 1.82) is 0 Å². The van der Waals surface area contributed by atoms with E-state index in [1.807, 2.05) is 22.8 Å². The summed E-state index contributed by atoms with van der Waals surface area (Å²) < 4.78 is 11.4. The Morgan fingerprint density at radius 2 is 1.73 bits per heavy atom. The SMILES string of the molecule is COc1ccc([C@H]2C3=C(N=c4s/c(=C\c5cn(Cc6ccc(Br)cc6)c6ccccc56)c(=O)n42)c2ccccc2CC3)cc1. The van der Waals surface area contributed by atoms with Crippen molar-refractivity contribution in [2.24, 2.45) is 4.99 Å². The van der Waals surface area contributed by atoms with Crippen molar-refractivity contribution in [3.8, 4) is 5.75 Å². The fourth-order valence-electron chi connectivity index (χ4n) is 6.56. The largest absolute Gasteiger partial charge is 0.497 e. The van der Waals surface area contributed by atoms with Crippen molar-refractivity contribution in [2.45, 2.75) is 25.4 Å². The van der Waals surface area contributed by atoms with Crippen LogP contribution in [0.4, 0.5) is 0 Å². The van der Waals surface area contributed by atoms with Crippen LogP contribution in [0.5, 0.6) is 5.75 Å². The van der Waals surface area contributed by atoms with Crippen molar-refractivity contribution < 1.29 is 4.74 Å². The second-order valence-corrected chi connectivity index (χ2v) is 13.2. The van der Waals surface area contributed by atoms with Gasteiger partial charge in [0.2, 0.25) is 0 Å². The molecule has 0 saturated heterocycles. The van der Waals surface area contributed by atoms with Gasteiger partial charge in [-0.25, -0.2) is 4.99 Å². The molecule has 0 radical (unpaired) electrons. The minimum absolute atomic E-state index is 0.00952. The van der Waals surface area contributed by atoms with E-state index in [0.717, 1.165) is 62.1 Å². The highest BCUT2D eigenvalue weighted by Gasteiger charge is 2.32. The summed E-state index contributed by atoms with van der Waals surface area (Å²) in [6, 6.07) is 33.2. The molecule has 0 saturated carbocycles. The average Bonchev–Trinajstić information content (AvgIpc) is 3.57. The van der Waals surface area contributed by atoms with Gasteiger partial charge in [-0.1, -0.05) is 94.0 Å². The minimum Gasteiger partial charge on any atom is -0.497 e. The van der Waals surface area contributed by atoms with E-state index in [0.29, 0.717) is 4.53 Å². The summed E-state index contributed by atoms with van der Waals surface area (Å²) in [6.07, 6.45) is 6.00. The normalized spacial score (nSPS) is 16.0. The maximum absolute atomic E-state index is 14.3. The van der Waals surface area contributed by atoms with Crippen LogP contribution < -0.4 is 19.6 Å². The highest BCUT2D eigenvalue weighted by atomic mass is 79.9. The number of hydrogen-bond acceptors (Lipinski definition) is 4. The Balaban J connectivity index is 1.31. The summed E-state index contributed by atoms with van der Waals surface area (Å²) in [5.41, 5.74) is 9.10. The standard InChI is InChI=1S/C37H28BrN3O2S/c1-43-28-17-12-25(13-18-28)35-31-19-14-24-6-2-3-8-30(24)34(31)39-37-41(35)36(42)33(44-37)20-26-22-40(32-9-5-4-7-29(26)32)21-23-10-15-27(38)16-11-23/h2-13,15-18,20,22,35H,14,19,21H2,1H3/b33-20-/t35-/m0/s1. The fraction of sp³-hybridized carbons (Fsp3) is 0.135. The van der Waals surface area contributed by atoms with Gasteiger partial charge in [-0.05, 0) is 71.5 Å². The number of aryl methyl sites for hydroxylation is 1. The van der Waals surface area contributed by atoms with E-state index in [4.69, 9.17) is 9.73 Å². The summed E-state index contributed by atoms with van der Waals surface area (Å²) in [5, 5.41) is 1.12. The summed E-state index contributed by atoms with van der Waals surface area (Å²) in [5.74, 6) is 0.795. The van der Waals surface area contributed by atoms with Gasteiger partial charge in [0, 0.05) is 39.2 Å². The predicted molar refractivity (Wildman–Crippen MR) is 181 cm³/mol. The van der Waals surface area contributed by atoms with Gasteiger partial charge in [-0.15, -0.1) is 0 Å². The van der Waals surface area contributed by atoms with Crippen LogP contribution in [0.25, 0.3) is 22.7 Å². The first-order chi connectivity index (χ1) is 21.6. The molecule has 8 rings (SSSR count). The number of fused-ring (bicyclic) bond motifs is 4. The molecular formula is C37H28BrN3O2S. The highest BCUT2D eigenvalue weighted by molar-refractivity contribution is 9.10. The van der Waals surface area contributed by atoms with Crippen LogP contribution in [0, 0.1) is 0 Å². The highest BCUT2D eigenvalue weighted by Crippen LogP contribution is 2.41. The first-order valence-electron chi connectivity index (χ1n) is 14.7. The van der Waals surface area contributed by atoms with E-state index in [2.05, 4.69) is 112 Å². The van der Waals surface area contributed by atoms with E-state index < -0.39 is 0 Å². The second kappa shape index (κ2) is 10.9. The smallest absolute Gasteiger partial charge is 0.271 e. The third-order valence-electron chi connectivity index (χ3n) is 8.68. The molecule has 0 bridgehead atoms. The number of nitrogens with zero attached hydrogens (tertiary/aromatic N) is 3. The Labute approximate surface area is 266 Å². The third kappa shape index (κ3) is 4.59. The first kappa shape index (κ1) is 27.1. The van der Waals surface area contributed by atoms with E-state index in [9.17, 15) is 4.79 Å². The van der Waals surface area contributed by atoms with Gasteiger partial charge in [0.25, 0.3) is 5.56 Å². The first-order valence-corrected chi connectivity index (χ1v) is 16.3. The van der Waals surface area contributed by atoms with Crippen LogP contribution in [0.15, 0.2) is 123 Å². The molecule has 4 aromatic carbocycles. The minimum atomic E-state index is -0.221. The number of aromatic nitrogens is 2. The quantitative estimate of drug-likeness (QED) is 0.199. The van der Waals surface area contributed by atoms with Crippen LogP contribution >= 0.6 is 27.3 Å². The topological polar surface area (TPSA) is 48.5 Å². The van der Waals surface area contributed by atoms with Gasteiger partial charge in [-0.2, -0.15) is 0 Å². The van der Waals surface area contributed by atoms with Gasteiger partial charge >= 0.3 is 0 Å². The average molecular weight is 659 g/mol. The van der Waals surface area contributed by atoms with Gasteiger partial charge in [0.1, 0.15) is 5.75 Å². The summed E-state index contributed by atoms with van der Waals surface area (Å²) in [7, 11) is 1.67. The van der Waals surface area contributed by atoms with Crippen LogP contribution in [-0.4, -0.2) is 16.2 Å². The number of allylic oxidation sites excluding steroid dienone is 1. The van der Waals surface area contributed by atoms with Crippen LogP contribution in [0.2, 0.25) is 0 Å². The zero-order chi connectivity index (χ0) is 29.8. The van der Waals surface area contributed by atoms with E-state index in [-0.39, 0.29) is 11.6 Å². The third-order valence-corrected chi connectivity index (χ3v) is 10.2. The van der Waals surface area contributed by atoms with Crippen LogP contribution in [0.3, 0.4) is 0 Å². The molecule has 0 spiro atoms. The number of halogens is 1. The lowest BCUT2D eigenvalue weighted by atomic mass is 9.83. The molecule has 1 aliphatic carbocycles. The van der Waals surface area contributed by atoms with E-state index in [1.54, 1.807) is 7.11 Å². The molecular weight excluding hydrogens is 630 g/mol. The molecule has 0 fully saturated rings. The van der Waals surface area contributed by atoms with Crippen LogP contribution in [-0.2, 0) is 13.0 Å². The number of ether oxygens (including phenoxy) is 1. The summed E-state index contributed by atoms with van der Waals surface area (Å²) >= 11 is 5.01. The number of rotatable bonds is 5. The molecule has 1 atom stereocenters. The summed E-state index contributed by atoms with van der Waals surface area (Å²) in [4.78, 5) is 20.2. The number of methoxy groups -OCH3 is 1. The van der Waals surface area contributed by atoms with Crippen molar-refractivity contribution in [1.82, 2.24) is 9.13 Å². The van der Waals surface area contributed by atoms with Crippen molar-refractivity contribution in [3.63, 3.8) is 0 Å². The number of hydrogen-bond donors (Lipinski definition) is 0. The van der Waals surface area contributed by atoms with Gasteiger partial charge < -0.3 is 9.30 Å². The summed E-state index contributed by atoms with van der Waals surface area (Å²) in [6.45, 7) is 0.743. The lowest BCUT2D eigenvalue weighted by Crippen LogP contribution is -2.38. The molecule has 0 unspecified atom stereocenters. The maximum Gasteiger partial charge on any atom is 0.271 e. The molecule has 5 nitrogen and oxygen atoms in total. The molecule has 7 heteroatoms. The fourth-order valence-corrected chi connectivity index (χ4v) is 7.81. The molecule has 44 heavy (non-hydrogen) atoms. The maximum atomic E-state index is 14.3. The Morgan fingerprint density at radius 1 is 0.955 bits per heavy atom. The van der Waals surface area contributed by atoms with Gasteiger partial charge in [0.05, 0.1) is 23.4 Å². The van der Waals surface area contributed by atoms with Gasteiger partial charge in [-0.3, -0.25) is 9.36 Å². The van der Waals surface area contributed by atoms with E-state index in [1.165, 1.54) is 33.6 Å². The van der Waals surface area contributed by atoms with Crippen LogP contribution in [0.1, 0.15) is 40.3 Å². The molecule has 2 aliphatic rings. The molecule has 2 aromatic heterocycles. The van der Waals surface area contributed by atoms with Crippen molar-refractivity contribution in [2.75, 3.05) is 7.11 Å². The molecule has 1 aliphatic heterocycles. The molecule has 6 aromatic rings. The zero-order valence-corrected chi connectivity index (χ0v) is 26.4. The molecule has 3 heterocycles. The lowest BCUT2D eigenvalue weighted by Gasteiger charge is -2.30.